The topological polar surface area (TPSA) is 69.0 Å². The highest BCUT2D eigenvalue weighted by molar-refractivity contribution is 7.99. The molecule has 0 aliphatic rings. The van der Waals surface area contributed by atoms with Crippen molar-refractivity contribution in [1.82, 2.24) is 20.1 Å². The maximum atomic E-state index is 13.2. The molecule has 0 radical (unpaired) electrons. The second kappa shape index (κ2) is 11.7. The highest BCUT2D eigenvalue weighted by Gasteiger charge is 2.17. The smallest absolute Gasteiger partial charge is 0.230 e. The van der Waals surface area contributed by atoms with Gasteiger partial charge in [0.2, 0.25) is 5.91 Å². The molecule has 6 nitrogen and oxygen atoms in total. The molecule has 0 saturated carbocycles. The first kappa shape index (κ1) is 24.5. The Balaban J connectivity index is 1.47. The molecule has 0 fully saturated rings. The fourth-order valence-corrected chi connectivity index (χ4v) is 4.46. The number of thioether (sulfide) groups is 1. The average Bonchev–Trinajstić information content (AvgIpc) is 3.30. The Labute approximate surface area is 208 Å². The third kappa shape index (κ3) is 6.48. The zero-order chi connectivity index (χ0) is 24.6. The number of methoxy groups -OCH3 is 1. The van der Waals surface area contributed by atoms with Gasteiger partial charge in [-0.3, -0.25) is 4.79 Å². The van der Waals surface area contributed by atoms with Gasteiger partial charge >= 0.3 is 0 Å². The minimum absolute atomic E-state index is 0.129. The Kier molecular flexibility index (Phi) is 8.15. The van der Waals surface area contributed by atoms with Gasteiger partial charge in [0.05, 0.1) is 18.9 Å². The van der Waals surface area contributed by atoms with Crippen LogP contribution in [0.25, 0.3) is 11.4 Å². The quantitative estimate of drug-likeness (QED) is 0.305. The van der Waals surface area contributed by atoms with Crippen LogP contribution in [0.1, 0.15) is 24.1 Å². The summed E-state index contributed by atoms with van der Waals surface area (Å²) in [6, 6.07) is 23.8. The Morgan fingerprint density at radius 1 is 1.03 bits per heavy atom. The predicted molar refractivity (Wildman–Crippen MR) is 136 cm³/mol. The van der Waals surface area contributed by atoms with Gasteiger partial charge < -0.3 is 14.6 Å². The van der Waals surface area contributed by atoms with Gasteiger partial charge in [0, 0.05) is 12.1 Å². The van der Waals surface area contributed by atoms with Crippen molar-refractivity contribution in [1.29, 1.82) is 0 Å². The molecule has 0 saturated heterocycles. The minimum Gasteiger partial charge on any atom is -0.497 e. The number of amides is 1. The van der Waals surface area contributed by atoms with Crippen LogP contribution in [0.2, 0.25) is 0 Å². The van der Waals surface area contributed by atoms with Gasteiger partial charge in [-0.25, -0.2) is 4.39 Å². The summed E-state index contributed by atoms with van der Waals surface area (Å²) in [5.74, 6) is 1.27. The molecule has 1 amide bonds. The largest absolute Gasteiger partial charge is 0.497 e. The SMILES string of the molecule is COc1ccc(-c2nnc(SCC(=O)NC(C)c3ccc(F)cc3)n2CCc2ccccc2)cc1. The number of nitrogens with one attached hydrogen (secondary N) is 1. The lowest BCUT2D eigenvalue weighted by Gasteiger charge is -2.14. The molecule has 0 aliphatic heterocycles. The average molecular weight is 491 g/mol. The summed E-state index contributed by atoms with van der Waals surface area (Å²) in [6.45, 7) is 2.55. The lowest BCUT2D eigenvalue weighted by atomic mass is 10.1. The fourth-order valence-electron chi connectivity index (χ4n) is 3.68. The molecular formula is C27H27FN4O2S. The number of ether oxygens (including phenoxy) is 1. The zero-order valence-electron chi connectivity index (χ0n) is 19.6. The van der Waals surface area contributed by atoms with Crippen LogP contribution in [0.5, 0.6) is 5.75 Å². The molecule has 1 N–H and O–H groups in total. The maximum Gasteiger partial charge on any atom is 0.230 e. The van der Waals surface area contributed by atoms with Crippen LogP contribution in [0.4, 0.5) is 4.39 Å². The van der Waals surface area contributed by atoms with Crippen molar-refractivity contribution in [2.45, 2.75) is 31.1 Å². The van der Waals surface area contributed by atoms with Gasteiger partial charge in [-0.15, -0.1) is 10.2 Å². The van der Waals surface area contributed by atoms with E-state index >= 15 is 0 Å². The molecule has 180 valence electrons. The highest BCUT2D eigenvalue weighted by Crippen LogP contribution is 2.26. The molecule has 1 unspecified atom stereocenters. The number of benzene rings is 3. The van der Waals surface area contributed by atoms with Gasteiger partial charge in [0.15, 0.2) is 11.0 Å². The lowest BCUT2D eigenvalue weighted by molar-refractivity contribution is -0.119. The molecule has 1 atom stereocenters. The summed E-state index contributed by atoms with van der Waals surface area (Å²) in [6.07, 6.45) is 0.809. The Morgan fingerprint density at radius 3 is 2.43 bits per heavy atom. The molecule has 0 bridgehead atoms. The van der Waals surface area contributed by atoms with Crippen LogP contribution in [-0.2, 0) is 17.8 Å². The molecular weight excluding hydrogens is 463 g/mol. The summed E-state index contributed by atoms with van der Waals surface area (Å²) in [7, 11) is 1.63. The standard InChI is InChI=1S/C27H27FN4O2S/c1-19(21-8-12-23(28)13-9-21)29-25(33)18-35-27-31-30-26(22-10-14-24(34-2)15-11-22)32(27)17-16-20-6-4-3-5-7-20/h3-15,19H,16-18H2,1-2H3,(H,29,33). The van der Waals surface area contributed by atoms with E-state index in [1.54, 1.807) is 19.2 Å². The van der Waals surface area contributed by atoms with E-state index in [9.17, 15) is 9.18 Å². The second-order valence-corrected chi connectivity index (χ2v) is 8.99. The molecule has 0 aliphatic carbocycles. The summed E-state index contributed by atoms with van der Waals surface area (Å²) in [5.41, 5.74) is 2.98. The molecule has 3 aromatic carbocycles. The Morgan fingerprint density at radius 2 is 1.74 bits per heavy atom. The second-order valence-electron chi connectivity index (χ2n) is 8.05. The van der Waals surface area contributed by atoms with Gasteiger partial charge in [-0.05, 0) is 60.9 Å². The van der Waals surface area contributed by atoms with Crippen molar-refractivity contribution < 1.29 is 13.9 Å². The van der Waals surface area contributed by atoms with Gasteiger partial charge in [-0.2, -0.15) is 0 Å². The minimum atomic E-state index is -0.301. The monoisotopic (exact) mass is 490 g/mol. The van der Waals surface area contributed by atoms with Crippen LogP contribution in [0, 0.1) is 5.82 Å². The number of nitrogens with zero attached hydrogens (tertiary/aromatic N) is 3. The number of carbonyl (C=O) groups excluding carboxylic acids is 1. The lowest BCUT2D eigenvalue weighted by Crippen LogP contribution is -2.28. The number of halogens is 1. The van der Waals surface area contributed by atoms with Crippen molar-refractivity contribution in [2.24, 2.45) is 0 Å². The first-order chi connectivity index (χ1) is 17.0. The van der Waals surface area contributed by atoms with Gasteiger partial charge in [0.1, 0.15) is 11.6 Å². The molecule has 1 heterocycles. The Hall–Kier alpha value is -3.65. The third-order valence-corrected chi connectivity index (χ3v) is 6.58. The van der Waals surface area contributed by atoms with E-state index in [0.29, 0.717) is 11.7 Å². The molecule has 4 aromatic rings. The highest BCUT2D eigenvalue weighted by atomic mass is 32.2. The first-order valence-corrected chi connectivity index (χ1v) is 12.3. The first-order valence-electron chi connectivity index (χ1n) is 11.3. The van der Waals surface area contributed by atoms with Crippen molar-refractivity contribution in [3.63, 3.8) is 0 Å². The van der Waals surface area contributed by atoms with E-state index in [-0.39, 0.29) is 23.5 Å². The van der Waals surface area contributed by atoms with E-state index in [0.717, 1.165) is 29.1 Å². The normalized spacial score (nSPS) is 11.7. The van der Waals surface area contributed by atoms with Crippen LogP contribution in [-0.4, -0.2) is 33.5 Å². The number of aryl methyl sites for hydroxylation is 1. The number of aromatic nitrogens is 3. The van der Waals surface area contributed by atoms with Crippen molar-refractivity contribution in [3.8, 4) is 17.1 Å². The summed E-state index contributed by atoms with van der Waals surface area (Å²) < 4.78 is 20.5. The van der Waals surface area contributed by atoms with Crippen LogP contribution in [0.3, 0.4) is 0 Å². The molecule has 0 spiro atoms. The molecule has 1 aromatic heterocycles. The maximum absolute atomic E-state index is 13.2. The molecule has 8 heteroatoms. The van der Waals surface area contributed by atoms with E-state index < -0.39 is 0 Å². The number of hydrogen-bond acceptors (Lipinski definition) is 5. The van der Waals surface area contributed by atoms with Crippen LogP contribution in [0.15, 0.2) is 84.0 Å². The Bertz CT molecular complexity index is 1240. The fraction of sp³-hybridized carbons (Fsp3) is 0.222. The van der Waals surface area contributed by atoms with E-state index in [1.807, 2.05) is 49.4 Å². The predicted octanol–water partition coefficient (Wildman–Crippen LogP) is 5.31. The summed E-state index contributed by atoms with van der Waals surface area (Å²) in [5, 5.41) is 12.5. The van der Waals surface area contributed by atoms with Crippen LogP contribution >= 0.6 is 11.8 Å². The summed E-state index contributed by atoms with van der Waals surface area (Å²) in [4.78, 5) is 12.6. The number of carbonyl (C=O) groups is 1. The third-order valence-electron chi connectivity index (χ3n) is 5.61. The van der Waals surface area contributed by atoms with Gasteiger partial charge in [-0.1, -0.05) is 54.2 Å². The van der Waals surface area contributed by atoms with E-state index in [1.165, 1.54) is 29.5 Å². The van der Waals surface area contributed by atoms with Crippen molar-refractivity contribution in [3.05, 3.63) is 95.8 Å². The van der Waals surface area contributed by atoms with E-state index in [2.05, 4.69) is 32.2 Å². The number of rotatable bonds is 10. The van der Waals surface area contributed by atoms with Gasteiger partial charge in [0.25, 0.3) is 0 Å². The number of hydrogen-bond donors (Lipinski definition) is 1. The van der Waals surface area contributed by atoms with Crippen molar-refractivity contribution in [2.75, 3.05) is 12.9 Å². The molecule has 4 rings (SSSR count). The van der Waals surface area contributed by atoms with E-state index in [4.69, 9.17) is 4.74 Å². The zero-order valence-corrected chi connectivity index (χ0v) is 20.5. The van der Waals surface area contributed by atoms with Crippen LogP contribution < -0.4 is 10.1 Å². The molecule has 35 heavy (non-hydrogen) atoms. The van der Waals surface area contributed by atoms with Crippen molar-refractivity contribution >= 4 is 17.7 Å². The summed E-state index contributed by atoms with van der Waals surface area (Å²) >= 11 is 1.35.